The molecule has 0 fully saturated rings. The van der Waals surface area contributed by atoms with E-state index in [4.69, 9.17) is 32.7 Å². The Labute approximate surface area is 194 Å². The molecular formula is C21H20Cl2N4O5. The third-order valence-corrected chi connectivity index (χ3v) is 4.48. The Bertz CT molecular complexity index is 1040. The summed E-state index contributed by atoms with van der Waals surface area (Å²) in [5.74, 6) is -1.49. The van der Waals surface area contributed by atoms with E-state index < -0.39 is 17.7 Å². The molecule has 0 bridgehead atoms. The minimum atomic E-state index is -0.914. The van der Waals surface area contributed by atoms with Gasteiger partial charge in [-0.15, -0.1) is 6.58 Å². The van der Waals surface area contributed by atoms with Gasteiger partial charge in [-0.3, -0.25) is 14.4 Å². The van der Waals surface area contributed by atoms with Gasteiger partial charge in [-0.25, -0.2) is 5.43 Å². The molecule has 168 valence electrons. The smallest absolute Gasteiger partial charge is 0.329 e. The standard InChI is InChI=1S/C21H20Cl2N4O5/c1-3-8-24-20(29)21(30)27-25-11-13-4-7-17(18(9-13)31-2)32-12-19(28)26-14-5-6-15(22)16(23)10-14/h3-7,9-11H,1,8,12H2,2H3,(H,24,29)(H,26,28)(H,27,30)/b25-11-. The van der Waals surface area contributed by atoms with Crippen LogP contribution in [0.5, 0.6) is 11.5 Å². The summed E-state index contributed by atoms with van der Waals surface area (Å²) in [4.78, 5) is 35.1. The largest absolute Gasteiger partial charge is 0.493 e. The second-order valence-electron chi connectivity index (χ2n) is 6.07. The van der Waals surface area contributed by atoms with Gasteiger partial charge in [-0.2, -0.15) is 5.10 Å². The molecule has 2 aromatic rings. The fraction of sp³-hybridized carbons (Fsp3) is 0.143. The van der Waals surface area contributed by atoms with Gasteiger partial charge in [-0.05, 0) is 42.0 Å². The molecule has 0 atom stereocenters. The first-order valence-electron chi connectivity index (χ1n) is 9.12. The Hall–Kier alpha value is -3.56. The highest BCUT2D eigenvalue weighted by Crippen LogP contribution is 2.28. The van der Waals surface area contributed by atoms with Crippen LogP contribution in [-0.2, 0) is 14.4 Å². The number of ether oxygens (including phenoxy) is 2. The Morgan fingerprint density at radius 2 is 1.84 bits per heavy atom. The maximum atomic E-state index is 12.1. The average Bonchev–Trinajstić information content (AvgIpc) is 2.78. The van der Waals surface area contributed by atoms with E-state index in [9.17, 15) is 14.4 Å². The van der Waals surface area contributed by atoms with Gasteiger partial charge >= 0.3 is 11.8 Å². The topological polar surface area (TPSA) is 118 Å². The van der Waals surface area contributed by atoms with E-state index in [0.717, 1.165) is 0 Å². The van der Waals surface area contributed by atoms with Crippen LogP contribution in [0.4, 0.5) is 5.69 Å². The highest BCUT2D eigenvalue weighted by Gasteiger charge is 2.11. The molecule has 0 radical (unpaired) electrons. The number of anilines is 1. The van der Waals surface area contributed by atoms with Gasteiger partial charge in [0.25, 0.3) is 5.91 Å². The monoisotopic (exact) mass is 478 g/mol. The van der Waals surface area contributed by atoms with Crippen LogP contribution in [0.3, 0.4) is 0 Å². The van der Waals surface area contributed by atoms with Gasteiger partial charge in [0.1, 0.15) is 0 Å². The molecule has 3 amide bonds. The zero-order valence-corrected chi connectivity index (χ0v) is 18.5. The Kier molecular flexibility index (Phi) is 9.52. The highest BCUT2D eigenvalue weighted by molar-refractivity contribution is 6.42. The molecule has 0 heterocycles. The molecule has 0 spiro atoms. The van der Waals surface area contributed by atoms with Crippen molar-refractivity contribution in [3.63, 3.8) is 0 Å². The number of nitrogens with one attached hydrogen (secondary N) is 3. The van der Waals surface area contributed by atoms with Gasteiger partial charge in [0.15, 0.2) is 18.1 Å². The molecule has 0 saturated carbocycles. The van der Waals surface area contributed by atoms with Crippen LogP contribution in [0, 0.1) is 0 Å². The van der Waals surface area contributed by atoms with Crippen LogP contribution >= 0.6 is 23.2 Å². The summed E-state index contributed by atoms with van der Waals surface area (Å²) in [6.07, 6.45) is 2.77. The van der Waals surface area contributed by atoms with Crippen molar-refractivity contribution in [3.8, 4) is 11.5 Å². The fourth-order valence-corrected chi connectivity index (χ4v) is 2.56. The van der Waals surface area contributed by atoms with Crippen molar-refractivity contribution in [3.05, 3.63) is 64.7 Å². The lowest BCUT2D eigenvalue weighted by molar-refractivity contribution is -0.139. The summed E-state index contributed by atoms with van der Waals surface area (Å²) < 4.78 is 10.8. The Morgan fingerprint density at radius 1 is 1.06 bits per heavy atom. The van der Waals surface area contributed by atoms with E-state index in [-0.39, 0.29) is 13.2 Å². The number of carbonyl (C=O) groups excluding carboxylic acids is 3. The second-order valence-corrected chi connectivity index (χ2v) is 6.89. The first-order valence-corrected chi connectivity index (χ1v) is 9.87. The van der Waals surface area contributed by atoms with Crippen molar-refractivity contribution in [2.24, 2.45) is 5.10 Å². The minimum absolute atomic E-state index is 0.167. The maximum Gasteiger partial charge on any atom is 0.329 e. The predicted octanol–water partition coefficient (Wildman–Crippen LogP) is 2.77. The molecule has 0 unspecified atom stereocenters. The number of rotatable bonds is 9. The van der Waals surface area contributed by atoms with Crippen LogP contribution in [0.15, 0.2) is 54.2 Å². The summed E-state index contributed by atoms with van der Waals surface area (Å²) in [5.41, 5.74) is 3.14. The molecular weight excluding hydrogens is 459 g/mol. The van der Waals surface area contributed by atoms with Crippen LogP contribution in [0.2, 0.25) is 10.0 Å². The molecule has 32 heavy (non-hydrogen) atoms. The number of hydrogen-bond acceptors (Lipinski definition) is 6. The Morgan fingerprint density at radius 3 is 2.53 bits per heavy atom. The van der Waals surface area contributed by atoms with Crippen molar-refractivity contribution in [2.45, 2.75) is 0 Å². The van der Waals surface area contributed by atoms with Crippen molar-refractivity contribution < 1.29 is 23.9 Å². The zero-order valence-electron chi connectivity index (χ0n) is 17.0. The molecule has 9 nitrogen and oxygen atoms in total. The molecule has 2 aromatic carbocycles. The summed E-state index contributed by atoms with van der Waals surface area (Å²) in [7, 11) is 1.44. The molecule has 0 saturated heterocycles. The number of methoxy groups -OCH3 is 1. The number of benzene rings is 2. The zero-order chi connectivity index (χ0) is 23.5. The quantitative estimate of drug-likeness (QED) is 0.221. The fourth-order valence-electron chi connectivity index (χ4n) is 2.26. The second kappa shape index (κ2) is 12.3. The van der Waals surface area contributed by atoms with Crippen LogP contribution in [0.1, 0.15) is 5.56 Å². The number of hydrogen-bond donors (Lipinski definition) is 3. The van der Waals surface area contributed by atoms with E-state index in [1.165, 1.54) is 25.5 Å². The lowest BCUT2D eigenvalue weighted by atomic mass is 10.2. The molecule has 0 aliphatic heterocycles. The van der Waals surface area contributed by atoms with Gasteiger partial charge < -0.3 is 20.1 Å². The van der Waals surface area contributed by atoms with E-state index in [2.05, 4.69) is 27.7 Å². The third-order valence-electron chi connectivity index (χ3n) is 3.74. The van der Waals surface area contributed by atoms with Gasteiger partial charge in [0, 0.05) is 12.2 Å². The van der Waals surface area contributed by atoms with E-state index in [1.807, 2.05) is 0 Å². The van der Waals surface area contributed by atoms with Crippen LogP contribution in [0.25, 0.3) is 0 Å². The summed E-state index contributed by atoms with van der Waals surface area (Å²) >= 11 is 11.8. The first kappa shape index (κ1) is 24.7. The molecule has 0 aliphatic carbocycles. The maximum absolute atomic E-state index is 12.1. The molecule has 11 heteroatoms. The number of halogens is 2. The highest BCUT2D eigenvalue weighted by atomic mass is 35.5. The lowest BCUT2D eigenvalue weighted by Gasteiger charge is -2.11. The Balaban J connectivity index is 1.92. The van der Waals surface area contributed by atoms with E-state index >= 15 is 0 Å². The third kappa shape index (κ3) is 7.60. The molecule has 0 aromatic heterocycles. The number of carbonyl (C=O) groups is 3. The van der Waals surface area contributed by atoms with Crippen LogP contribution < -0.4 is 25.5 Å². The van der Waals surface area contributed by atoms with E-state index in [1.54, 1.807) is 30.3 Å². The van der Waals surface area contributed by atoms with Crippen molar-refractivity contribution in [1.29, 1.82) is 0 Å². The normalized spacial score (nSPS) is 10.3. The SMILES string of the molecule is C=CCNC(=O)C(=O)N/N=C\c1ccc(OCC(=O)Nc2ccc(Cl)c(Cl)c2)c(OC)c1. The van der Waals surface area contributed by atoms with Gasteiger partial charge in [0.2, 0.25) is 0 Å². The van der Waals surface area contributed by atoms with Crippen molar-refractivity contribution >= 4 is 52.8 Å². The number of nitrogens with zero attached hydrogens (tertiary/aromatic N) is 1. The van der Waals surface area contributed by atoms with E-state index in [0.29, 0.717) is 32.8 Å². The summed E-state index contributed by atoms with van der Waals surface area (Å²) in [6.45, 7) is 3.32. The van der Waals surface area contributed by atoms with Gasteiger partial charge in [0.05, 0.1) is 23.4 Å². The average molecular weight is 479 g/mol. The number of amides is 3. The minimum Gasteiger partial charge on any atom is -0.493 e. The number of hydrazone groups is 1. The first-order chi connectivity index (χ1) is 15.3. The van der Waals surface area contributed by atoms with Gasteiger partial charge in [-0.1, -0.05) is 29.3 Å². The summed E-state index contributed by atoms with van der Waals surface area (Å²) in [5, 5.41) is 9.38. The predicted molar refractivity (Wildman–Crippen MR) is 123 cm³/mol. The van der Waals surface area contributed by atoms with Crippen molar-refractivity contribution in [1.82, 2.24) is 10.7 Å². The summed E-state index contributed by atoms with van der Waals surface area (Å²) in [6, 6.07) is 9.49. The molecule has 2 rings (SSSR count). The lowest BCUT2D eigenvalue weighted by Crippen LogP contribution is -2.37. The molecule has 0 aliphatic rings. The molecule has 3 N–H and O–H groups in total. The van der Waals surface area contributed by atoms with Crippen molar-refractivity contribution in [2.75, 3.05) is 25.6 Å². The van der Waals surface area contributed by atoms with Crippen LogP contribution in [-0.4, -0.2) is 44.2 Å².